The largest absolute Gasteiger partial charge is 0.312 e. The van der Waals surface area contributed by atoms with Gasteiger partial charge in [-0.25, -0.2) is 4.39 Å². The first-order chi connectivity index (χ1) is 8.60. The summed E-state index contributed by atoms with van der Waals surface area (Å²) in [5.41, 5.74) is 0.971. The van der Waals surface area contributed by atoms with Crippen LogP contribution in [-0.4, -0.2) is 7.05 Å². The fourth-order valence-corrected chi connectivity index (χ4v) is 3.72. The quantitative estimate of drug-likeness (QED) is 0.778. The number of halogens is 3. The summed E-state index contributed by atoms with van der Waals surface area (Å²) in [7, 11) is 1.92. The Bertz CT molecular complexity index is 542. The molecule has 0 radical (unpaired) electrons. The number of rotatable bonds is 4. The van der Waals surface area contributed by atoms with Gasteiger partial charge in [-0.15, -0.1) is 11.3 Å². The van der Waals surface area contributed by atoms with E-state index in [1.165, 1.54) is 10.9 Å². The number of hydrogen-bond acceptors (Lipinski definition) is 2. The van der Waals surface area contributed by atoms with Crippen LogP contribution in [0.3, 0.4) is 0 Å². The van der Waals surface area contributed by atoms with Crippen molar-refractivity contribution in [3.05, 3.63) is 54.8 Å². The molecule has 96 valence electrons. The van der Waals surface area contributed by atoms with Crippen molar-refractivity contribution in [3.8, 4) is 0 Å². The SMILES string of the molecule is CNC(Cc1cc(F)ccc1Br)c1ccc(Br)s1. The highest BCUT2D eigenvalue weighted by Crippen LogP contribution is 2.30. The molecule has 1 atom stereocenters. The molecule has 0 aliphatic heterocycles. The van der Waals surface area contributed by atoms with Crippen LogP contribution in [-0.2, 0) is 6.42 Å². The molecule has 0 aliphatic rings. The lowest BCUT2D eigenvalue weighted by Crippen LogP contribution is -2.18. The molecule has 1 N–H and O–H groups in total. The lowest BCUT2D eigenvalue weighted by atomic mass is 10.0. The molecule has 1 heterocycles. The predicted molar refractivity (Wildman–Crippen MR) is 81.6 cm³/mol. The number of hydrogen-bond donors (Lipinski definition) is 1. The predicted octanol–water partition coefficient (Wildman–Crippen LogP) is 4.92. The van der Waals surface area contributed by atoms with Gasteiger partial charge in [0.05, 0.1) is 3.79 Å². The van der Waals surface area contributed by atoms with Gasteiger partial charge in [-0.3, -0.25) is 0 Å². The van der Waals surface area contributed by atoms with Crippen molar-refractivity contribution in [1.82, 2.24) is 5.32 Å². The van der Waals surface area contributed by atoms with Crippen molar-refractivity contribution in [2.75, 3.05) is 7.05 Å². The van der Waals surface area contributed by atoms with E-state index in [0.717, 1.165) is 20.2 Å². The van der Waals surface area contributed by atoms with Crippen molar-refractivity contribution >= 4 is 43.2 Å². The summed E-state index contributed by atoms with van der Waals surface area (Å²) in [6.07, 6.45) is 0.752. The molecule has 1 aromatic heterocycles. The standard InChI is InChI=1S/C13H12Br2FNS/c1-17-11(12-4-5-13(15)18-12)7-8-6-9(16)2-3-10(8)14/h2-6,11,17H,7H2,1H3. The van der Waals surface area contributed by atoms with Crippen molar-refractivity contribution < 1.29 is 4.39 Å². The summed E-state index contributed by atoms with van der Waals surface area (Å²) in [6, 6.07) is 9.11. The summed E-state index contributed by atoms with van der Waals surface area (Å²) in [5.74, 6) is -0.199. The van der Waals surface area contributed by atoms with E-state index < -0.39 is 0 Å². The molecule has 1 aromatic carbocycles. The highest BCUT2D eigenvalue weighted by Gasteiger charge is 2.14. The molecule has 5 heteroatoms. The molecule has 2 aromatic rings. The van der Waals surface area contributed by atoms with E-state index in [-0.39, 0.29) is 11.9 Å². The molecular formula is C13H12Br2FNS. The summed E-state index contributed by atoms with van der Waals surface area (Å²) in [4.78, 5) is 1.24. The van der Waals surface area contributed by atoms with Crippen LogP contribution >= 0.6 is 43.2 Å². The Morgan fingerprint density at radius 2 is 2.06 bits per heavy atom. The lowest BCUT2D eigenvalue weighted by molar-refractivity contribution is 0.590. The van der Waals surface area contributed by atoms with Crippen LogP contribution in [0.15, 0.2) is 38.6 Å². The normalized spacial score (nSPS) is 12.7. The number of nitrogens with one attached hydrogen (secondary N) is 1. The van der Waals surface area contributed by atoms with Gasteiger partial charge < -0.3 is 5.32 Å². The first-order valence-electron chi connectivity index (χ1n) is 5.46. The fraction of sp³-hybridized carbons (Fsp3) is 0.231. The minimum atomic E-state index is -0.199. The van der Waals surface area contributed by atoms with Crippen molar-refractivity contribution in [2.45, 2.75) is 12.5 Å². The summed E-state index contributed by atoms with van der Waals surface area (Å²) >= 11 is 8.62. The van der Waals surface area contributed by atoms with Gasteiger partial charge in [0.15, 0.2) is 0 Å². The van der Waals surface area contributed by atoms with Gasteiger partial charge in [-0.2, -0.15) is 0 Å². The Kier molecular flexibility index (Phi) is 4.95. The van der Waals surface area contributed by atoms with Gasteiger partial charge in [-0.1, -0.05) is 15.9 Å². The Morgan fingerprint density at radius 3 is 2.67 bits per heavy atom. The van der Waals surface area contributed by atoms with E-state index in [1.54, 1.807) is 23.5 Å². The second-order valence-corrected chi connectivity index (χ2v) is 7.27. The molecule has 1 unspecified atom stereocenters. The van der Waals surface area contributed by atoms with Gasteiger partial charge in [-0.05, 0) is 65.3 Å². The highest BCUT2D eigenvalue weighted by atomic mass is 79.9. The van der Waals surface area contributed by atoms with Crippen LogP contribution in [0.2, 0.25) is 0 Å². The molecule has 2 rings (SSSR count). The third-order valence-corrected chi connectivity index (χ3v) is 5.23. The van der Waals surface area contributed by atoms with Gasteiger partial charge >= 0.3 is 0 Å². The molecule has 0 bridgehead atoms. The van der Waals surface area contributed by atoms with E-state index in [1.807, 2.05) is 13.1 Å². The van der Waals surface area contributed by atoms with E-state index in [9.17, 15) is 4.39 Å². The van der Waals surface area contributed by atoms with Gasteiger partial charge in [0, 0.05) is 15.4 Å². The molecule has 0 fully saturated rings. The average Bonchev–Trinajstić information content (AvgIpc) is 2.77. The van der Waals surface area contributed by atoms with Gasteiger partial charge in [0.25, 0.3) is 0 Å². The van der Waals surface area contributed by atoms with Crippen LogP contribution in [0.5, 0.6) is 0 Å². The lowest BCUT2D eigenvalue weighted by Gasteiger charge is -2.15. The van der Waals surface area contributed by atoms with E-state index >= 15 is 0 Å². The third kappa shape index (κ3) is 3.41. The van der Waals surface area contributed by atoms with Gasteiger partial charge in [0.1, 0.15) is 5.82 Å². The smallest absolute Gasteiger partial charge is 0.123 e. The van der Waals surface area contributed by atoms with E-state index in [2.05, 4.69) is 43.2 Å². The minimum absolute atomic E-state index is 0.194. The molecule has 0 spiro atoms. The maximum Gasteiger partial charge on any atom is 0.123 e. The topological polar surface area (TPSA) is 12.0 Å². The molecular weight excluding hydrogens is 381 g/mol. The van der Waals surface area contributed by atoms with Crippen LogP contribution in [0.4, 0.5) is 4.39 Å². The fourth-order valence-electron chi connectivity index (χ4n) is 1.78. The monoisotopic (exact) mass is 391 g/mol. The Morgan fingerprint density at radius 1 is 1.28 bits per heavy atom. The molecule has 18 heavy (non-hydrogen) atoms. The van der Waals surface area contributed by atoms with Crippen molar-refractivity contribution in [1.29, 1.82) is 0 Å². The molecule has 0 saturated carbocycles. The number of likely N-dealkylation sites (N-methyl/N-ethyl adjacent to an activating group) is 1. The van der Waals surface area contributed by atoms with Crippen LogP contribution < -0.4 is 5.32 Å². The average molecular weight is 393 g/mol. The molecule has 0 saturated heterocycles. The van der Waals surface area contributed by atoms with Crippen LogP contribution in [0.1, 0.15) is 16.5 Å². The van der Waals surface area contributed by atoms with Crippen LogP contribution in [0.25, 0.3) is 0 Å². The Hall–Kier alpha value is -0.230. The molecule has 0 aliphatic carbocycles. The Labute approximate surface area is 127 Å². The molecule has 1 nitrogen and oxygen atoms in total. The first kappa shape index (κ1) is 14.2. The van der Waals surface area contributed by atoms with Crippen LogP contribution in [0, 0.1) is 5.82 Å². The van der Waals surface area contributed by atoms with E-state index in [4.69, 9.17) is 0 Å². The maximum absolute atomic E-state index is 13.3. The number of benzene rings is 1. The van der Waals surface area contributed by atoms with Crippen molar-refractivity contribution in [3.63, 3.8) is 0 Å². The first-order valence-corrected chi connectivity index (χ1v) is 7.87. The molecule has 0 amide bonds. The number of thiophene rings is 1. The summed E-state index contributed by atoms with van der Waals surface area (Å²) in [5, 5.41) is 3.27. The van der Waals surface area contributed by atoms with E-state index in [0.29, 0.717) is 0 Å². The third-order valence-electron chi connectivity index (χ3n) is 2.72. The summed E-state index contributed by atoms with van der Waals surface area (Å²) < 4.78 is 15.3. The van der Waals surface area contributed by atoms with Gasteiger partial charge in [0.2, 0.25) is 0 Å². The summed E-state index contributed by atoms with van der Waals surface area (Å²) in [6.45, 7) is 0. The maximum atomic E-state index is 13.3. The van der Waals surface area contributed by atoms with Crippen molar-refractivity contribution in [2.24, 2.45) is 0 Å². The zero-order valence-electron chi connectivity index (χ0n) is 9.71. The second kappa shape index (κ2) is 6.28. The zero-order chi connectivity index (χ0) is 13.1. The zero-order valence-corrected chi connectivity index (χ0v) is 13.7. The highest BCUT2D eigenvalue weighted by molar-refractivity contribution is 9.11. The second-order valence-electron chi connectivity index (χ2n) is 3.92. The minimum Gasteiger partial charge on any atom is -0.312 e. The Balaban J connectivity index is 2.22.